The standard InChI is InChI=1S/C11H14N2O3/c14-9-3-1-2-8(9)6-7-13-11(16)5-4-10(15)12-13/h4-5,8H,1-3,6-7H2,(H,12,15). The lowest BCUT2D eigenvalue weighted by molar-refractivity contribution is -0.120. The van der Waals surface area contributed by atoms with Gasteiger partial charge in [-0.1, -0.05) is 0 Å². The number of carbonyl (C=O) groups excluding carboxylic acids is 1. The maximum Gasteiger partial charge on any atom is 0.265 e. The first-order valence-electron chi connectivity index (χ1n) is 5.50. The first kappa shape index (κ1) is 10.9. The number of rotatable bonds is 3. The second-order valence-corrected chi connectivity index (χ2v) is 4.14. The summed E-state index contributed by atoms with van der Waals surface area (Å²) in [5.74, 6) is 0.349. The molecule has 1 aromatic rings. The minimum absolute atomic E-state index is 0.0654. The minimum atomic E-state index is -0.294. The number of nitrogens with zero attached hydrogens (tertiary/aromatic N) is 1. The summed E-state index contributed by atoms with van der Waals surface area (Å²) in [5, 5.41) is 2.45. The lowest BCUT2D eigenvalue weighted by atomic mass is 10.0. The van der Waals surface area contributed by atoms with Gasteiger partial charge in [-0.15, -0.1) is 0 Å². The van der Waals surface area contributed by atoms with Crippen molar-refractivity contribution < 1.29 is 4.79 Å². The van der Waals surface area contributed by atoms with Crippen molar-refractivity contribution >= 4 is 5.78 Å². The number of hydrogen-bond acceptors (Lipinski definition) is 3. The van der Waals surface area contributed by atoms with E-state index >= 15 is 0 Å². The van der Waals surface area contributed by atoms with E-state index in [-0.39, 0.29) is 22.8 Å². The summed E-state index contributed by atoms with van der Waals surface area (Å²) < 4.78 is 1.27. The topological polar surface area (TPSA) is 71.9 Å². The normalized spacial score (nSPS) is 20.2. The fraction of sp³-hybridized carbons (Fsp3) is 0.545. The highest BCUT2D eigenvalue weighted by Crippen LogP contribution is 2.24. The number of H-pyrrole nitrogens is 1. The molecule has 0 bridgehead atoms. The lowest BCUT2D eigenvalue weighted by Crippen LogP contribution is -2.29. The van der Waals surface area contributed by atoms with E-state index in [2.05, 4.69) is 5.10 Å². The maximum atomic E-state index is 11.4. The Kier molecular flexibility index (Phi) is 3.03. The molecule has 0 saturated heterocycles. The largest absolute Gasteiger partial charge is 0.299 e. The average Bonchev–Trinajstić information content (AvgIpc) is 2.66. The Labute approximate surface area is 92.1 Å². The molecular formula is C11H14N2O3. The third kappa shape index (κ3) is 2.29. The molecule has 16 heavy (non-hydrogen) atoms. The van der Waals surface area contributed by atoms with Crippen molar-refractivity contribution in [1.82, 2.24) is 9.78 Å². The van der Waals surface area contributed by atoms with E-state index < -0.39 is 0 Å². The van der Waals surface area contributed by atoms with Crippen LogP contribution in [0.1, 0.15) is 25.7 Å². The van der Waals surface area contributed by atoms with Crippen LogP contribution in [0.2, 0.25) is 0 Å². The first-order valence-corrected chi connectivity index (χ1v) is 5.50. The molecule has 1 N–H and O–H groups in total. The van der Waals surface area contributed by atoms with Gasteiger partial charge in [0, 0.05) is 31.0 Å². The number of carbonyl (C=O) groups is 1. The van der Waals surface area contributed by atoms with Crippen LogP contribution in [0, 0.1) is 5.92 Å². The molecule has 0 amide bonds. The quantitative estimate of drug-likeness (QED) is 0.799. The molecule has 0 aromatic carbocycles. The van der Waals surface area contributed by atoms with Crippen molar-refractivity contribution in [2.24, 2.45) is 5.92 Å². The van der Waals surface area contributed by atoms with Crippen molar-refractivity contribution in [3.8, 4) is 0 Å². The Morgan fingerprint density at radius 1 is 1.31 bits per heavy atom. The number of aryl methyl sites for hydroxylation is 1. The zero-order valence-electron chi connectivity index (χ0n) is 8.94. The van der Waals surface area contributed by atoms with Crippen LogP contribution in [-0.2, 0) is 11.3 Å². The zero-order valence-corrected chi connectivity index (χ0v) is 8.94. The molecule has 5 nitrogen and oxygen atoms in total. The zero-order chi connectivity index (χ0) is 11.5. The first-order chi connectivity index (χ1) is 7.66. The van der Waals surface area contributed by atoms with Gasteiger partial charge in [0.25, 0.3) is 11.1 Å². The molecule has 1 aromatic heterocycles. The smallest absolute Gasteiger partial charge is 0.265 e. The van der Waals surface area contributed by atoms with Gasteiger partial charge in [0.1, 0.15) is 5.78 Å². The van der Waals surface area contributed by atoms with Gasteiger partial charge in [-0.2, -0.15) is 0 Å². The Bertz CT molecular complexity index is 500. The Balaban J connectivity index is 2.04. The summed E-state index contributed by atoms with van der Waals surface area (Å²) in [6, 6.07) is 2.45. The molecule has 1 aliphatic rings. The molecule has 1 heterocycles. The van der Waals surface area contributed by atoms with Crippen molar-refractivity contribution in [3.05, 3.63) is 32.8 Å². The van der Waals surface area contributed by atoms with Crippen LogP contribution < -0.4 is 11.1 Å². The molecule has 0 aliphatic heterocycles. The Hall–Kier alpha value is -1.65. The predicted octanol–water partition coefficient (Wildman–Crippen LogP) is 0.296. The molecule has 2 rings (SSSR count). The van der Waals surface area contributed by atoms with Crippen LogP contribution >= 0.6 is 0 Å². The maximum absolute atomic E-state index is 11.4. The van der Waals surface area contributed by atoms with Gasteiger partial charge >= 0.3 is 0 Å². The molecule has 1 atom stereocenters. The van der Waals surface area contributed by atoms with Crippen LogP contribution in [0.5, 0.6) is 0 Å². The highest BCUT2D eigenvalue weighted by atomic mass is 16.2. The molecule has 1 aliphatic carbocycles. The number of aromatic amines is 1. The molecule has 1 fully saturated rings. The molecular weight excluding hydrogens is 208 g/mol. The van der Waals surface area contributed by atoms with E-state index in [1.54, 1.807) is 0 Å². The molecule has 0 spiro atoms. The van der Waals surface area contributed by atoms with Crippen molar-refractivity contribution in [1.29, 1.82) is 0 Å². The van der Waals surface area contributed by atoms with Gasteiger partial charge in [0.2, 0.25) is 0 Å². The van der Waals surface area contributed by atoms with E-state index in [0.717, 1.165) is 12.8 Å². The SMILES string of the molecule is O=C1CCCC1CCn1[nH]c(=O)ccc1=O. The van der Waals surface area contributed by atoms with E-state index in [9.17, 15) is 14.4 Å². The van der Waals surface area contributed by atoms with Crippen molar-refractivity contribution in [2.45, 2.75) is 32.2 Å². The highest BCUT2D eigenvalue weighted by Gasteiger charge is 2.23. The summed E-state index contributed by atoms with van der Waals surface area (Å²) in [5.41, 5.74) is -0.526. The number of Topliss-reactive ketones (excluding diaryl/α,β-unsaturated/α-hetero) is 1. The van der Waals surface area contributed by atoms with Crippen LogP contribution in [-0.4, -0.2) is 15.6 Å². The minimum Gasteiger partial charge on any atom is -0.299 e. The number of nitrogens with one attached hydrogen (secondary N) is 1. The highest BCUT2D eigenvalue weighted by molar-refractivity contribution is 5.82. The third-order valence-electron chi connectivity index (χ3n) is 3.02. The van der Waals surface area contributed by atoms with Gasteiger partial charge in [-0.05, 0) is 19.3 Å². The van der Waals surface area contributed by atoms with E-state index in [1.165, 1.54) is 16.8 Å². The van der Waals surface area contributed by atoms with Crippen molar-refractivity contribution in [2.75, 3.05) is 0 Å². The van der Waals surface area contributed by atoms with Crippen molar-refractivity contribution in [3.63, 3.8) is 0 Å². The van der Waals surface area contributed by atoms with E-state index in [4.69, 9.17) is 0 Å². The predicted molar refractivity (Wildman–Crippen MR) is 58.3 cm³/mol. The van der Waals surface area contributed by atoms with Gasteiger partial charge in [0.05, 0.1) is 0 Å². The Morgan fingerprint density at radius 2 is 2.12 bits per heavy atom. The number of aromatic nitrogens is 2. The third-order valence-corrected chi connectivity index (χ3v) is 3.02. The van der Waals surface area contributed by atoms with Crippen LogP contribution in [0.4, 0.5) is 0 Å². The second kappa shape index (κ2) is 4.47. The van der Waals surface area contributed by atoms with E-state index in [0.29, 0.717) is 19.4 Å². The molecule has 1 unspecified atom stereocenters. The van der Waals surface area contributed by atoms with Crippen LogP contribution in [0.3, 0.4) is 0 Å². The Morgan fingerprint density at radius 3 is 2.81 bits per heavy atom. The lowest BCUT2D eigenvalue weighted by Gasteiger charge is -2.08. The van der Waals surface area contributed by atoms with Gasteiger partial charge in [-0.25, -0.2) is 0 Å². The number of ketones is 1. The summed E-state index contributed by atoms with van der Waals surface area (Å²) in [6.07, 6.45) is 3.15. The van der Waals surface area contributed by atoms with E-state index in [1.807, 2.05) is 0 Å². The van der Waals surface area contributed by atoms with Crippen LogP contribution in [0.25, 0.3) is 0 Å². The van der Waals surface area contributed by atoms with Gasteiger partial charge in [0.15, 0.2) is 0 Å². The molecule has 0 radical (unpaired) electrons. The van der Waals surface area contributed by atoms with Gasteiger partial charge < -0.3 is 0 Å². The summed E-state index contributed by atoms with van der Waals surface area (Å²) >= 11 is 0. The van der Waals surface area contributed by atoms with Crippen LogP contribution in [0.15, 0.2) is 21.7 Å². The monoisotopic (exact) mass is 222 g/mol. The number of hydrogen-bond donors (Lipinski definition) is 1. The van der Waals surface area contributed by atoms with Gasteiger partial charge in [-0.3, -0.25) is 24.2 Å². The summed E-state index contributed by atoms with van der Waals surface area (Å²) in [6.45, 7) is 0.408. The fourth-order valence-electron chi connectivity index (χ4n) is 2.11. The summed E-state index contributed by atoms with van der Waals surface area (Å²) in [4.78, 5) is 33.8. The summed E-state index contributed by atoms with van der Waals surface area (Å²) in [7, 11) is 0. The fourth-order valence-corrected chi connectivity index (χ4v) is 2.11. The second-order valence-electron chi connectivity index (χ2n) is 4.14. The molecule has 86 valence electrons. The molecule has 5 heteroatoms. The molecule has 1 saturated carbocycles. The average molecular weight is 222 g/mol.